The van der Waals surface area contributed by atoms with Gasteiger partial charge >= 0.3 is 0 Å². The Morgan fingerprint density at radius 1 is 1.38 bits per heavy atom. The van der Waals surface area contributed by atoms with Crippen LogP contribution in [0.1, 0.15) is 45.2 Å². The Balaban J connectivity index is 1.99. The van der Waals surface area contributed by atoms with E-state index in [0.717, 1.165) is 12.0 Å². The Bertz CT molecular complexity index is 540. The van der Waals surface area contributed by atoms with Crippen LogP contribution in [0.4, 0.5) is 5.69 Å². The predicted octanol–water partition coefficient (Wildman–Crippen LogP) is 2.63. The van der Waals surface area contributed by atoms with E-state index in [1.54, 1.807) is 0 Å². The molecule has 5 heteroatoms. The highest BCUT2D eigenvalue weighted by molar-refractivity contribution is 5.95. The van der Waals surface area contributed by atoms with Gasteiger partial charge in [-0.2, -0.15) is 0 Å². The first-order valence-corrected chi connectivity index (χ1v) is 7.31. The molecule has 2 rings (SSSR count). The summed E-state index contributed by atoms with van der Waals surface area (Å²) in [7, 11) is 0. The molecule has 0 saturated carbocycles. The molecule has 1 unspecified atom stereocenters. The van der Waals surface area contributed by atoms with Gasteiger partial charge in [-0.05, 0) is 37.0 Å². The molecule has 0 fully saturated rings. The summed E-state index contributed by atoms with van der Waals surface area (Å²) in [4.78, 5) is 23.2. The molecular weight excluding hydrogens is 268 g/mol. The van der Waals surface area contributed by atoms with E-state index in [1.807, 2.05) is 25.1 Å². The number of amides is 2. The Hall–Kier alpha value is -2.04. The number of fused-ring (bicyclic) bond motifs is 1. The van der Waals surface area contributed by atoms with Gasteiger partial charge < -0.3 is 15.4 Å². The minimum Gasteiger partial charge on any atom is -0.482 e. The maximum absolute atomic E-state index is 11.9. The van der Waals surface area contributed by atoms with Gasteiger partial charge in [0.25, 0.3) is 5.91 Å². The molecule has 0 spiro atoms. The molecule has 2 amide bonds. The monoisotopic (exact) mass is 290 g/mol. The van der Waals surface area contributed by atoms with Crippen molar-refractivity contribution in [1.29, 1.82) is 0 Å². The van der Waals surface area contributed by atoms with Crippen LogP contribution in [0.25, 0.3) is 0 Å². The number of carbonyl (C=O) groups excluding carboxylic acids is 2. The molecule has 1 heterocycles. The van der Waals surface area contributed by atoms with Gasteiger partial charge in [-0.15, -0.1) is 0 Å². The molecule has 1 aromatic carbocycles. The molecule has 1 aliphatic rings. The van der Waals surface area contributed by atoms with E-state index < -0.39 is 0 Å². The second-order valence-corrected chi connectivity index (χ2v) is 5.81. The minimum absolute atomic E-state index is 0.0494. The lowest BCUT2D eigenvalue weighted by Gasteiger charge is -2.21. The van der Waals surface area contributed by atoms with Crippen molar-refractivity contribution in [2.24, 2.45) is 5.92 Å². The Labute approximate surface area is 125 Å². The van der Waals surface area contributed by atoms with Crippen LogP contribution in [0, 0.1) is 5.92 Å². The van der Waals surface area contributed by atoms with Crippen molar-refractivity contribution in [3.8, 4) is 5.75 Å². The Kier molecular flexibility index (Phi) is 4.83. The van der Waals surface area contributed by atoms with E-state index in [4.69, 9.17) is 4.74 Å². The van der Waals surface area contributed by atoms with Gasteiger partial charge in [-0.25, -0.2) is 0 Å². The quantitative estimate of drug-likeness (QED) is 0.876. The van der Waals surface area contributed by atoms with Crippen molar-refractivity contribution in [3.63, 3.8) is 0 Å². The zero-order chi connectivity index (χ0) is 15.4. The molecule has 0 aliphatic carbocycles. The van der Waals surface area contributed by atoms with E-state index in [1.165, 1.54) is 0 Å². The second kappa shape index (κ2) is 6.61. The lowest BCUT2D eigenvalue weighted by atomic mass is 10.0. The minimum atomic E-state index is -0.159. The number of benzene rings is 1. The predicted molar refractivity (Wildman–Crippen MR) is 81.2 cm³/mol. The molecular formula is C16H22N2O3. The van der Waals surface area contributed by atoms with Crippen molar-refractivity contribution >= 4 is 17.5 Å². The van der Waals surface area contributed by atoms with Crippen molar-refractivity contribution in [1.82, 2.24) is 5.32 Å². The van der Waals surface area contributed by atoms with Crippen LogP contribution in [-0.4, -0.2) is 18.4 Å². The number of ether oxygens (including phenoxy) is 1. The number of anilines is 1. The first-order chi connectivity index (χ1) is 9.95. The van der Waals surface area contributed by atoms with Crippen LogP contribution >= 0.6 is 0 Å². The smallest absolute Gasteiger partial charge is 0.262 e. The number of hydrogen-bond donors (Lipinski definition) is 2. The highest BCUT2D eigenvalue weighted by Gasteiger charge is 2.18. The number of hydrogen-bond acceptors (Lipinski definition) is 3. The number of nitrogens with one attached hydrogen (secondary N) is 2. The zero-order valence-electron chi connectivity index (χ0n) is 12.7. The first-order valence-electron chi connectivity index (χ1n) is 7.31. The summed E-state index contributed by atoms with van der Waals surface area (Å²) in [5.41, 5.74) is 1.60. The molecule has 2 N–H and O–H groups in total. The molecule has 21 heavy (non-hydrogen) atoms. The van der Waals surface area contributed by atoms with E-state index in [-0.39, 0.29) is 24.5 Å². The summed E-state index contributed by atoms with van der Waals surface area (Å²) in [6.07, 6.45) is 1.42. The second-order valence-electron chi connectivity index (χ2n) is 5.81. The van der Waals surface area contributed by atoms with E-state index in [0.29, 0.717) is 23.8 Å². The molecule has 114 valence electrons. The molecule has 1 aromatic rings. The highest BCUT2D eigenvalue weighted by Crippen LogP contribution is 2.30. The van der Waals surface area contributed by atoms with Crippen molar-refractivity contribution in [2.75, 3.05) is 11.9 Å². The SMILES string of the molecule is CC(C)CCC(=O)NC(C)c1ccc2c(c1)NC(=O)CO2. The summed E-state index contributed by atoms with van der Waals surface area (Å²) in [5, 5.41) is 5.75. The highest BCUT2D eigenvalue weighted by atomic mass is 16.5. The molecule has 0 bridgehead atoms. The average Bonchev–Trinajstić information content (AvgIpc) is 2.44. The summed E-state index contributed by atoms with van der Waals surface area (Å²) in [5.74, 6) is 1.07. The number of rotatable bonds is 5. The first kappa shape index (κ1) is 15.4. The van der Waals surface area contributed by atoms with Gasteiger partial charge in [0.05, 0.1) is 11.7 Å². The summed E-state index contributed by atoms with van der Waals surface area (Å²) >= 11 is 0. The maximum Gasteiger partial charge on any atom is 0.262 e. The maximum atomic E-state index is 11.9. The zero-order valence-corrected chi connectivity index (χ0v) is 12.7. The largest absolute Gasteiger partial charge is 0.482 e. The number of carbonyl (C=O) groups is 2. The molecule has 0 aromatic heterocycles. The third-order valence-corrected chi connectivity index (χ3v) is 3.46. The fourth-order valence-corrected chi connectivity index (χ4v) is 2.19. The standard InChI is InChI=1S/C16H22N2O3/c1-10(2)4-7-15(19)17-11(3)12-5-6-14-13(8-12)18-16(20)9-21-14/h5-6,8,10-11H,4,7,9H2,1-3H3,(H,17,19)(H,18,20). The summed E-state index contributed by atoms with van der Waals surface area (Å²) < 4.78 is 5.32. The van der Waals surface area contributed by atoms with Gasteiger partial charge in [0.1, 0.15) is 5.75 Å². The van der Waals surface area contributed by atoms with Crippen molar-refractivity contribution in [3.05, 3.63) is 23.8 Å². The van der Waals surface area contributed by atoms with Gasteiger partial charge in [-0.3, -0.25) is 9.59 Å². The summed E-state index contributed by atoms with van der Waals surface area (Å²) in [6.45, 7) is 6.18. The third kappa shape index (κ3) is 4.21. The molecule has 5 nitrogen and oxygen atoms in total. The summed E-state index contributed by atoms with van der Waals surface area (Å²) in [6, 6.07) is 5.47. The van der Waals surface area contributed by atoms with E-state index in [9.17, 15) is 9.59 Å². The normalized spacial score (nSPS) is 15.0. The fourth-order valence-electron chi connectivity index (χ4n) is 2.19. The Morgan fingerprint density at radius 3 is 2.86 bits per heavy atom. The van der Waals surface area contributed by atoms with Gasteiger partial charge in [0.15, 0.2) is 6.61 Å². The van der Waals surface area contributed by atoms with E-state index >= 15 is 0 Å². The van der Waals surface area contributed by atoms with Gasteiger partial charge in [0.2, 0.25) is 5.91 Å². The molecule has 0 saturated heterocycles. The molecule has 0 radical (unpaired) electrons. The van der Waals surface area contributed by atoms with Crippen molar-refractivity contribution in [2.45, 2.75) is 39.7 Å². The van der Waals surface area contributed by atoms with Crippen LogP contribution in [-0.2, 0) is 9.59 Å². The Morgan fingerprint density at radius 2 is 2.14 bits per heavy atom. The lowest BCUT2D eigenvalue weighted by Crippen LogP contribution is -2.28. The van der Waals surface area contributed by atoms with Crippen LogP contribution in [0.2, 0.25) is 0 Å². The fraction of sp³-hybridized carbons (Fsp3) is 0.500. The van der Waals surface area contributed by atoms with E-state index in [2.05, 4.69) is 24.5 Å². The van der Waals surface area contributed by atoms with Crippen LogP contribution in [0.3, 0.4) is 0 Å². The molecule has 1 atom stereocenters. The topological polar surface area (TPSA) is 67.4 Å². The van der Waals surface area contributed by atoms with Crippen LogP contribution in [0.5, 0.6) is 5.75 Å². The van der Waals surface area contributed by atoms with Crippen LogP contribution < -0.4 is 15.4 Å². The average molecular weight is 290 g/mol. The van der Waals surface area contributed by atoms with Gasteiger partial charge in [-0.1, -0.05) is 19.9 Å². The van der Waals surface area contributed by atoms with Gasteiger partial charge in [0, 0.05) is 6.42 Å². The third-order valence-electron chi connectivity index (χ3n) is 3.46. The van der Waals surface area contributed by atoms with Crippen molar-refractivity contribution < 1.29 is 14.3 Å². The lowest BCUT2D eigenvalue weighted by molar-refractivity contribution is -0.122. The van der Waals surface area contributed by atoms with Crippen LogP contribution in [0.15, 0.2) is 18.2 Å². The molecule has 1 aliphatic heterocycles.